The third-order valence-electron chi connectivity index (χ3n) is 4.98. The highest BCUT2D eigenvalue weighted by Crippen LogP contribution is 2.37. The summed E-state index contributed by atoms with van der Waals surface area (Å²) in [5.41, 5.74) is 5.53. The van der Waals surface area contributed by atoms with E-state index in [1.54, 1.807) is 0 Å². The molecule has 0 atom stereocenters. The van der Waals surface area contributed by atoms with Crippen molar-refractivity contribution in [2.75, 3.05) is 39.4 Å². The summed E-state index contributed by atoms with van der Waals surface area (Å²) < 4.78 is 5.39. The number of hydrogen-bond acceptors (Lipinski definition) is 4. The third kappa shape index (κ3) is 3.32. The Morgan fingerprint density at radius 1 is 1.30 bits per heavy atom. The molecule has 0 aromatic rings. The van der Waals surface area contributed by atoms with Gasteiger partial charge in [-0.15, -0.1) is 0 Å². The Morgan fingerprint density at radius 3 is 2.45 bits per heavy atom. The molecule has 0 unspecified atom stereocenters. The largest absolute Gasteiger partial charge is 0.379 e. The summed E-state index contributed by atoms with van der Waals surface area (Å²) in [4.78, 5) is 14.9. The molecule has 2 fully saturated rings. The second-order valence-electron chi connectivity index (χ2n) is 6.79. The van der Waals surface area contributed by atoms with E-state index in [2.05, 4.69) is 24.1 Å². The van der Waals surface area contributed by atoms with Gasteiger partial charge in [-0.25, -0.2) is 0 Å². The first-order chi connectivity index (χ1) is 9.50. The highest BCUT2D eigenvalue weighted by atomic mass is 16.5. The Morgan fingerprint density at radius 2 is 1.90 bits per heavy atom. The molecule has 1 heterocycles. The Bertz CT molecular complexity index is 332. The van der Waals surface area contributed by atoms with Gasteiger partial charge in [0.05, 0.1) is 18.6 Å². The van der Waals surface area contributed by atoms with Crippen LogP contribution >= 0.6 is 0 Å². The van der Waals surface area contributed by atoms with Gasteiger partial charge in [-0.3, -0.25) is 9.69 Å². The van der Waals surface area contributed by atoms with Crippen LogP contribution in [-0.2, 0) is 9.53 Å². The average molecular weight is 283 g/mol. The minimum absolute atomic E-state index is 0.0339. The van der Waals surface area contributed by atoms with Gasteiger partial charge in [-0.1, -0.05) is 12.8 Å². The van der Waals surface area contributed by atoms with Gasteiger partial charge in [0.2, 0.25) is 5.91 Å². The van der Waals surface area contributed by atoms with Gasteiger partial charge in [-0.05, 0) is 26.7 Å². The van der Waals surface area contributed by atoms with Crippen LogP contribution in [0.3, 0.4) is 0 Å². The molecule has 1 aliphatic heterocycles. The average Bonchev–Trinajstić information content (AvgIpc) is 2.96. The standard InChI is InChI=1S/C15H29N3O2/c1-14(2,18-7-9-20-10-8-18)12-17-13(19)15(11-16)5-3-4-6-15/h3-12,16H2,1-2H3,(H,17,19). The van der Waals surface area contributed by atoms with Crippen molar-refractivity contribution in [3.8, 4) is 0 Å². The number of morpholine rings is 1. The van der Waals surface area contributed by atoms with Crippen molar-refractivity contribution in [2.24, 2.45) is 11.1 Å². The number of carbonyl (C=O) groups is 1. The highest BCUT2D eigenvalue weighted by molar-refractivity contribution is 5.83. The van der Waals surface area contributed by atoms with Gasteiger partial charge in [0.1, 0.15) is 0 Å². The van der Waals surface area contributed by atoms with Crippen LogP contribution in [0.25, 0.3) is 0 Å². The van der Waals surface area contributed by atoms with Crippen molar-refractivity contribution in [2.45, 2.75) is 45.1 Å². The molecule has 2 rings (SSSR count). The van der Waals surface area contributed by atoms with Crippen LogP contribution in [0.15, 0.2) is 0 Å². The number of nitrogens with one attached hydrogen (secondary N) is 1. The monoisotopic (exact) mass is 283 g/mol. The Balaban J connectivity index is 1.88. The molecule has 2 aliphatic rings. The molecule has 0 aromatic carbocycles. The fraction of sp³-hybridized carbons (Fsp3) is 0.933. The summed E-state index contributed by atoms with van der Waals surface area (Å²) in [7, 11) is 0. The van der Waals surface area contributed by atoms with Gasteiger partial charge in [0.25, 0.3) is 0 Å². The van der Waals surface area contributed by atoms with E-state index < -0.39 is 0 Å². The molecule has 1 aliphatic carbocycles. The lowest BCUT2D eigenvalue weighted by atomic mass is 9.85. The van der Waals surface area contributed by atoms with Crippen molar-refractivity contribution in [1.82, 2.24) is 10.2 Å². The lowest BCUT2D eigenvalue weighted by molar-refractivity contribution is -0.131. The van der Waals surface area contributed by atoms with Crippen LogP contribution in [0.2, 0.25) is 0 Å². The fourth-order valence-corrected chi connectivity index (χ4v) is 3.34. The van der Waals surface area contributed by atoms with Gasteiger partial charge < -0.3 is 15.8 Å². The second kappa shape index (κ2) is 6.41. The quantitative estimate of drug-likeness (QED) is 0.780. The zero-order chi connectivity index (χ0) is 14.6. The van der Waals surface area contributed by atoms with E-state index in [1.807, 2.05) is 0 Å². The minimum atomic E-state index is -0.304. The summed E-state index contributed by atoms with van der Waals surface area (Å²) in [6.45, 7) is 8.94. The maximum atomic E-state index is 12.5. The lowest BCUT2D eigenvalue weighted by Crippen LogP contribution is -2.57. The van der Waals surface area contributed by atoms with Crippen molar-refractivity contribution >= 4 is 5.91 Å². The van der Waals surface area contributed by atoms with E-state index in [0.29, 0.717) is 13.1 Å². The minimum Gasteiger partial charge on any atom is -0.379 e. The predicted molar refractivity (Wildman–Crippen MR) is 79.4 cm³/mol. The molecule has 0 radical (unpaired) electrons. The second-order valence-corrected chi connectivity index (χ2v) is 6.79. The van der Waals surface area contributed by atoms with Crippen LogP contribution in [0.1, 0.15) is 39.5 Å². The van der Waals surface area contributed by atoms with E-state index in [-0.39, 0.29) is 16.9 Å². The Kier molecular flexibility index (Phi) is 5.04. The number of carbonyl (C=O) groups excluding carboxylic acids is 1. The zero-order valence-corrected chi connectivity index (χ0v) is 12.9. The van der Waals surface area contributed by atoms with Crippen LogP contribution in [0, 0.1) is 5.41 Å². The summed E-state index contributed by atoms with van der Waals surface area (Å²) in [5.74, 6) is 0.152. The van der Waals surface area contributed by atoms with E-state index >= 15 is 0 Å². The predicted octanol–water partition coefficient (Wildman–Crippen LogP) is 0.733. The van der Waals surface area contributed by atoms with Crippen molar-refractivity contribution in [1.29, 1.82) is 0 Å². The van der Waals surface area contributed by atoms with Gasteiger partial charge in [-0.2, -0.15) is 0 Å². The van der Waals surface area contributed by atoms with Crippen LogP contribution in [-0.4, -0.2) is 55.7 Å². The van der Waals surface area contributed by atoms with Gasteiger partial charge in [0, 0.05) is 31.7 Å². The van der Waals surface area contributed by atoms with Gasteiger partial charge >= 0.3 is 0 Å². The zero-order valence-electron chi connectivity index (χ0n) is 12.9. The van der Waals surface area contributed by atoms with E-state index in [1.165, 1.54) is 0 Å². The number of nitrogens with two attached hydrogens (primary N) is 1. The number of amides is 1. The lowest BCUT2D eigenvalue weighted by Gasteiger charge is -2.41. The molecule has 1 amide bonds. The molecule has 1 saturated carbocycles. The van der Waals surface area contributed by atoms with E-state index in [9.17, 15) is 4.79 Å². The summed E-state index contributed by atoms with van der Waals surface area (Å²) in [6.07, 6.45) is 4.12. The number of nitrogens with zero attached hydrogens (tertiary/aromatic N) is 1. The van der Waals surface area contributed by atoms with Gasteiger partial charge in [0.15, 0.2) is 0 Å². The smallest absolute Gasteiger partial charge is 0.227 e. The molecular weight excluding hydrogens is 254 g/mol. The van der Waals surface area contributed by atoms with Crippen molar-refractivity contribution in [3.05, 3.63) is 0 Å². The molecular formula is C15H29N3O2. The molecule has 0 spiro atoms. The summed E-state index contributed by atoms with van der Waals surface area (Å²) >= 11 is 0. The summed E-state index contributed by atoms with van der Waals surface area (Å²) in [5, 5.41) is 3.15. The molecule has 5 nitrogen and oxygen atoms in total. The Hall–Kier alpha value is -0.650. The number of ether oxygens (including phenoxy) is 1. The molecule has 0 aromatic heterocycles. The van der Waals surface area contributed by atoms with Crippen LogP contribution in [0.4, 0.5) is 0 Å². The summed E-state index contributed by atoms with van der Waals surface area (Å²) in [6, 6.07) is 0. The third-order valence-corrected chi connectivity index (χ3v) is 4.98. The molecule has 3 N–H and O–H groups in total. The van der Waals surface area contributed by atoms with Crippen LogP contribution < -0.4 is 11.1 Å². The molecule has 116 valence electrons. The molecule has 20 heavy (non-hydrogen) atoms. The maximum Gasteiger partial charge on any atom is 0.227 e. The highest BCUT2D eigenvalue weighted by Gasteiger charge is 2.40. The molecule has 1 saturated heterocycles. The first kappa shape index (κ1) is 15.7. The van der Waals surface area contributed by atoms with Crippen molar-refractivity contribution < 1.29 is 9.53 Å². The number of rotatable bonds is 5. The normalized spacial score (nSPS) is 23.8. The SMILES string of the molecule is CC(C)(CNC(=O)C1(CN)CCCC1)N1CCOCC1. The van der Waals surface area contributed by atoms with Crippen molar-refractivity contribution in [3.63, 3.8) is 0 Å². The fourth-order valence-electron chi connectivity index (χ4n) is 3.34. The van der Waals surface area contributed by atoms with E-state index in [0.717, 1.165) is 52.0 Å². The topological polar surface area (TPSA) is 67.6 Å². The molecule has 0 bridgehead atoms. The Labute approximate surface area is 122 Å². The maximum absolute atomic E-state index is 12.5. The van der Waals surface area contributed by atoms with Crippen LogP contribution in [0.5, 0.6) is 0 Å². The van der Waals surface area contributed by atoms with E-state index in [4.69, 9.17) is 10.5 Å². The first-order valence-electron chi connectivity index (χ1n) is 7.81. The molecule has 5 heteroatoms. The first-order valence-corrected chi connectivity index (χ1v) is 7.81. The number of hydrogen-bond donors (Lipinski definition) is 2.